The SMILES string of the molecule is COc1cc2c(c(OC)c1OC)-c1ccc(CO)cc1[C@@H](NC(C)=O)CC2. The van der Waals surface area contributed by atoms with Crippen LogP contribution in [0.5, 0.6) is 17.2 Å². The van der Waals surface area contributed by atoms with E-state index in [0.29, 0.717) is 17.2 Å². The Morgan fingerprint density at radius 2 is 1.89 bits per heavy atom. The van der Waals surface area contributed by atoms with Gasteiger partial charge in [0, 0.05) is 12.5 Å². The highest BCUT2D eigenvalue weighted by atomic mass is 16.5. The molecule has 27 heavy (non-hydrogen) atoms. The minimum atomic E-state index is -0.155. The molecule has 6 nitrogen and oxygen atoms in total. The lowest BCUT2D eigenvalue weighted by atomic mass is 9.92. The molecule has 1 atom stereocenters. The van der Waals surface area contributed by atoms with Gasteiger partial charge in [-0.15, -0.1) is 0 Å². The molecule has 0 saturated carbocycles. The molecule has 144 valence electrons. The Balaban J connectivity index is 2.30. The maximum atomic E-state index is 11.8. The zero-order valence-electron chi connectivity index (χ0n) is 16.1. The van der Waals surface area contributed by atoms with Crippen molar-refractivity contribution in [2.75, 3.05) is 21.3 Å². The molecule has 0 bridgehead atoms. The van der Waals surface area contributed by atoms with Crippen LogP contribution in [0.1, 0.15) is 36.1 Å². The Morgan fingerprint density at radius 1 is 1.15 bits per heavy atom. The minimum absolute atomic E-state index is 0.0595. The van der Waals surface area contributed by atoms with Crippen LogP contribution in [0, 0.1) is 0 Å². The van der Waals surface area contributed by atoms with E-state index < -0.39 is 0 Å². The van der Waals surface area contributed by atoms with Gasteiger partial charge in [0.25, 0.3) is 0 Å². The second-order valence-electron chi connectivity index (χ2n) is 6.55. The summed E-state index contributed by atoms with van der Waals surface area (Å²) in [5.74, 6) is 1.66. The second kappa shape index (κ2) is 7.88. The molecule has 0 aromatic heterocycles. The molecular weight excluding hydrogens is 346 g/mol. The van der Waals surface area contributed by atoms with Gasteiger partial charge in [-0.1, -0.05) is 18.2 Å². The van der Waals surface area contributed by atoms with Gasteiger partial charge in [-0.05, 0) is 41.2 Å². The van der Waals surface area contributed by atoms with Crippen LogP contribution in [0.4, 0.5) is 0 Å². The number of nitrogens with one attached hydrogen (secondary N) is 1. The van der Waals surface area contributed by atoms with Gasteiger partial charge in [-0.3, -0.25) is 4.79 Å². The summed E-state index contributed by atoms with van der Waals surface area (Å²) in [7, 11) is 4.79. The third kappa shape index (κ3) is 3.45. The van der Waals surface area contributed by atoms with Crippen molar-refractivity contribution in [2.24, 2.45) is 0 Å². The maximum absolute atomic E-state index is 11.8. The quantitative estimate of drug-likeness (QED) is 0.845. The summed E-state index contributed by atoms with van der Waals surface area (Å²) in [6, 6.07) is 7.61. The van der Waals surface area contributed by atoms with Gasteiger partial charge in [0.05, 0.1) is 34.0 Å². The van der Waals surface area contributed by atoms with Gasteiger partial charge in [0.1, 0.15) is 0 Å². The summed E-state index contributed by atoms with van der Waals surface area (Å²) < 4.78 is 16.8. The maximum Gasteiger partial charge on any atom is 0.217 e. The Bertz CT molecular complexity index is 862. The molecule has 3 rings (SSSR count). The molecule has 0 heterocycles. The molecule has 0 spiro atoms. The largest absolute Gasteiger partial charge is 0.493 e. The molecule has 0 saturated heterocycles. The van der Waals surface area contributed by atoms with Crippen LogP contribution in [0.25, 0.3) is 11.1 Å². The van der Waals surface area contributed by atoms with E-state index in [1.165, 1.54) is 6.92 Å². The third-order valence-electron chi connectivity index (χ3n) is 4.93. The molecule has 2 N–H and O–H groups in total. The Labute approximate surface area is 159 Å². The van der Waals surface area contributed by atoms with E-state index in [2.05, 4.69) is 5.32 Å². The third-order valence-corrected chi connectivity index (χ3v) is 4.93. The van der Waals surface area contributed by atoms with Crippen molar-refractivity contribution in [1.29, 1.82) is 0 Å². The van der Waals surface area contributed by atoms with E-state index in [1.807, 2.05) is 24.3 Å². The number of aliphatic hydroxyl groups is 1. The van der Waals surface area contributed by atoms with Gasteiger partial charge >= 0.3 is 0 Å². The van der Waals surface area contributed by atoms with Crippen LogP contribution in [0.2, 0.25) is 0 Å². The average Bonchev–Trinajstić information content (AvgIpc) is 2.82. The van der Waals surface area contributed by atoms with E-state index in [1.54, 1.807) is 21.3 Å². The topological polar surface area (TPSA) is 77.0 Å². The molecule has 1 aliphatic rings. The number of carbonyl (C=O) groups excluding carboxylic acids is 1. The predicted molar refractivity (Wildman–Crippen MR) is 102 cm³/mol. The first-order chi connectivity index (χ1) is 13.0. The van der Waals surface area contributed by atoms with Crippen LogP contribution in [0.3, 0.4) is 0 Å². The number of hydrogen-bond acceptors (Lipinski definition) is 5. The van der Waals surface area contributed by atoms with Crippen LogP contribution in [0.15, 0.2) is 24.3 Å². The smallest absolute Gasteiger partial charge is 0.217 e. The second-order valence-corrected chi connectivity index (χ2v) is 6.55. The monoisotopic (exact) mass is 371 g/mol. The zero-order valence-corrected chi connectivity index (χ0v) is 16.1. The van der Waals surface area contributed by atoms with Crippen molar-refractivity contribution >= 4 is 5.91 Å². The zero-order chi connectivity index (χ0) is 19.6. The molecule has 2 aromatic rings. The first-order valence-electron chi connectivity index (χ1n) is 8.87. The van der Waals surface area contributed by atoms with E-state index >= 15 is 0 Å². The number of benzene rings is 2. The first-order valence-corrected chi connectivity index (χ1v) is 8.87. The van der Waals surface area contributed by atoms with E-state index in [4.69, 9.17) is 14.2 Å². The number of amides is 1. The van der Waals surface area contributed by atoms with Crippen LogP contribution in [-0.4, -0.2) is 32.3 Å². The average molecular weight is 371 g/mol. The fourth-order valence-electron chi connectivity index (χ4n) is 3.78. The fraction of sp³-hybridized carbons (Fsp3) is 0.381. The van der Waals surface area contributed by atoms with Gasteiger partial charge in [0.15, 0.2) is 11.5 Å². The van der Waals surface area contributed by atoms with E-state index in [-0.39, 0.29) is 18.6 Å². The summed E-state index contributed by atoms with van der Waals surface area (Å²) in [5.41, 5.74) is 4.71. The number of aliphatic hydroxyl groups excluding tert-OH is 1. The van der Waals surface area contributed by atoms with E-state index in [0.717, 1.165) is 40.7 Å². The molecule has 1 aliphatic carbocycles. The summed E-state index contributed by atoms with van der Waals surface area (Å²) in [6.45, 7) is 1.45. The predicted octanol–water partition coefficient (Wildman–Crippen LogP) is 3.00. The number of rotatable bonds is 5. The van der Waals surface area contributed by atoms with Crippen molar-refractivity contribution in [2.45, 2.75) is 32.4 Å². The Morgan fingerprint density at radius 3 is 2.48 bits per heavy atom. The standard InChI is InChI=1S/C21H25NO5/c1-12(24)22-17-8-6-14-10-18(25-2)20(26-3)21(27-4)19(14)15-7-5-13(11-23)9-16(15)17/h5,7,9-10,17,23H,6,8,11H2,1-4H3,(H,22,24)/t17-/m0/s1. The number of ether oxygens (including phenoxy) is 3. The number of carbonyl (C=O) groups is 1. The van der Waals surface area contributed by atoms with Crippen LogP contribution >= 0.6 is 0 Å². The summed E-state index contributed by atoms with van der Waals surface area (Å²) in [5, 5.41) is 12.6. The van der Waals surface area contributed by atoms with Gasteiger partial charge in [0.2, 0.25) is 11.7 Å². The van der Waals surface area contributed by atoms with E-state index in [9.17, 15) is 9.90 Å². The molecular formula is C21H25NO5. The lowest BCUT2D eigenvalue weighted by molar-refractivity contribution is -0.119. The Hall–Kier alpha value is -2.73. The number of methoxy groups -OCH3 is 3. The lowest BCUT2D eigenvalue weighted by Crippen LogP contribution is -2.26. The molecule has 0 aliphatic heterocycles. The molecule has 2 aromatic carbocycles. The normalized spacial score (nSPS) is 15.2. The molecule has 1 amide bonds. The fourth-order valence-corrected chi connectivity index (χ4v) is 3.78. The van der Waals surface area contributed by atoms with Crippen LogP contribution < -0.4 is 19.5 Å². The lowest BCUT2D eigenvalue weighted by Gasteiger charge is -2.21. The van der Waals surface area contributed by atoms with Gasteiger partial charge < -0.3 is 24.6 Å². The minimum Gasteiger partial charge on any atom is -0.493 e. The van der Waals surface area contributed by atoms with Gasteiger partial charge in [-0.2, -0.15) is 0 Å². The molecule has 0 radical (unpaired) electrons. The highest BCUT2D eigenvalue weighted by Crippen LogP contribution is 2.50. The summed E-state index contributed by atoms with van der Waals surface area (Å²) in [4.78, 5) is 11.8. The first kappa shape index (κ1) is 19.0. The van der Waals surface area contributed by atoms with Crippen molar-refractivity contribution < 1.29 is 24.1 Å². The van der Waals surface area contributed by atoms with Crippen molar-refractivity contribution in [3.05, 3.63) is 41.0 Å². The number of aryl methyl sites for hydroxylation is 1. The van der Waals surface area contributed by atoms with Crippen LogP contribution in [-0.2, 0) is 17.8 Å². The van der Waals surface area contributed by atoms with Gasteiger partial charge in [-0.25, -0.2) is 0 Å². The molecule has 6 heteroatoms. The Kier molecular flexibility index (Phi) is 5.56. The van der Waals surface area contributed by atoms with Crippen molar-refractivity contribution in [3.8, 4) is 28.4 Å². The summed E-state index contributed by atoms with van der Waals surface area (Å²) >= 11 is 0. The number of hydrogen-bond donors (Lipinski definition) is 2. The summed E-state index contributed by atoms with van der Waals surface area (Å²) in [6.07, 6.45) is 1.47. The molecule has 0 fully saturated rings. The van der Waals surface area contributed by atoms with Crippen molar-refractivity contribution in [3.63, 3.8) is 0 Å². The molecule has 0 unspecified atom stereocenters. The highest BCUT2D eigenvalue weighted by molar-refractivity contribution is 5.83. The van der Waals surface area contributed by atoms with Crippen molar-refractivity contribution in [1.82, 2.24) is 5.32 Å². The number of fused-ring (bicyclic) bond motifs is 3. The highest BCUT2D eigenvalue weighted by Gasteiger charge is 2.29.